The van der Waals surface area contributed by atoms with E-state index in [0.29, 0.717) is 38.3 Å². The highest BCUT2D eigenvalue weighted by Gasteiger charge is 2.29. The molecule has 2 aliphatic rings. The number of benzene rings is 2. The highest BCUT2D eigenvalue weighted by Crippen LogP contribution is 2.33. The molecule has 2 aliphatic heterocycles. The number of halogens is 1. The minimum absolute atomic E-state index is 0.0750. The van der Waals surface area contributed by atoms with Gasteiger partial charge in [-0.05, 0) is 50.9 Å². The van der Waals surface area contributed by atoms with E-state index in [1.54, 1.807) is 16.7 Å². The number of hydrogen-bond acceptors (Lipinski definition) is 6. The standard InChI is InChI=1S/C26H26FN3O4S/c1-4-16(29(2)3)13-30-25(32)22(12-21-17-7-5-6-8-20(17)33-14-34-21)35-26(30)23-18-11-15(27)9-10-19(18)28-24(23)31/h5-12,16,21H,4,13-14H2,1-3H3,(H,28,31)/b22-12+,26-23+. The molecule has 9 heteroatoms. The first-order valence-corrected chi connectivity index (χ1v) is 12.3. The number of hydrogen-bond donors (Lipinski definition) is 1. The normalized spacial score (nSPS) is 19.9. The Morgan fingerprint density at radius 2 is 2.06 bits per heavy atom. The quantitative estimate of drug-likeness (QED) is 0.589. The molecule has 0 radical (unpaired) electrons. The van der Waals surface area contributed by atoms with Crippen molar-refractivity contribution in [1.82, 2.24) is 9.47 Å². The molecule has 1 amide bonds. The minimum Gasteiger partial charge on any atom is -0.467 e. The molecule has 7 nitrogen and oxygen atoms in total. The van der Waals surface area contributed by atoms with E-state index in [0.717, 1.165) is 12.0 Å². The van der Waals surface area contributed by atoms with Crippen molar-refractivity contribution in [2.45, 2.75) is 32.0 Å². The van der Waals surface area contributed by atoms with Crippen LogP contribution in [-0.4, -0.2) is 42.3 Å². The maximum Gasteiger partial charge on any atom is 0.268 e. The number of nitrogens with one attached hydrogen (secondary N) is 1. The number of thiazole rings is 1. The average molecular weight is 496 g/mol. The molecular formula is C26H26FN3O4S. The fourth-order valence-corrected chi connectivity index (χ4v) is 5.66. The second-order valence-electron chi connectivity index (χ2n) is 8.79. The molecule has 0 spiro atoms. The minimum atomic E-state index is -0.462. The molecule has 0 fully saturated rings. The van der Waals surface area contributed by atoms with Crippen molar-refractivity contribution in [3.63, 3.8) is 0 Å². The Morgan fingerprint density at radius 1 is 1.26 bits per heavy atom. The molecule has 3 heterocycles. The Hall–Kier alpha value is -3.27. The number of carbonyl (C=O) groups excluding carboxylic acids is 1. The van der Waals surface area contributed by atoms with Gasteiger partial charge in [0.05, 0.1) is 10.1 Å². The summed E-state index contributed by atoms with van der Waals surface area (Å²) < 4.78 is 28.1. The lowest BCUT2D eigenvalue weighted by Gasteiger charge is -2.23. The van der Waals surface area contributed by atoms with Crippen molar-refractivity contribution in [3.05, 3.63) is 79.0 Å². The molecule has 2 unspecified atom stereocenters. The molecule has 3 aromatic rings. The van der Waals surface area contributed by atoms with Gasteiger partial charge in [0, 0.05) is 29.4 Å². The predicted molar refractivity (Wildman–Crippen MR) is 133 cm³/mol. The second-order valence-corrected chi connectivity index (χ2v) is 9.82. The highest BCUT2D eigenvalue weighted by molar-refractivity contribution is 7.07. The van der Waals surface area contributed by atoms with Crippen LogP contribution in [0, 0.1) is 5.82 Å². The zero-order valence-electron chi connectivity index (χ0n) is 19.7. The molecular weight excluding hydrogens is 469 g/mol. The average Bonchev–Trinajstić information content (AvgIpc) is 3.32. The van der Waals surface area contributed by atoms with Crippen molar-refractivity contribution in [2.24, 2.45) is 0 Å². The number of para-hydroxylation sites is 1. The van der Waals surface area contributed by atoms with Gasteiger partial charge >= 0.3 is 0 Å². The maximum atomic E-state index is 14.1. The lowest BCUT2D eigenvalue weighted by atomic mass is 10.1. The summed E-state index contributed by atoms with van der Waals surface area (Å²) in [5.74, 6) is -0.0793. The Morgan fingerprint density at radius 3 is 2.83 bits per heavy atom. The topological polar surface area (TPSA) is 72.8 Å². The van der Waals surface area contributed by atoms with Gasteiger partial charge in [-0.3, -0.25) is 14.2 Å². The van der Waals surface area contributed by atoms with E-state index < -0.39 is 11.9 Å². The molecule has 0 saturated heterocycles. The Kier molecular flexibility index (Phi) is 6.31. The second kappa shape index (κ2) is 9.41. The summed E-state index contributed by atoms with van der Waals surface area (Å²) in [5, 5.41) is 2.80. The molecule has 1 N–H and O–H groups in total. The fourth-order valence-electron chi connectivity index (χ4n) is 4.49. The number of carbonyl (C=O) groups is 1. The summed E-state index contributed by atoms with van der Waals surface area (Å²) >= 11 is 1.22. The molecule has 2 atom stereocenters. The van der Waals surface area contributed by atoms with Crippen LogP contribution >= 0.6 is 11.3 Å². The molecule has 0 saturated carbocycles. The smallest absolute Gasteiger partial charge is 0.268 e. The summed E-state index contributed by atoms with van der Waals surface area (Å²) in [6, 6.07) is 11.8. The van der Waals surface area contributed by atoms with Crippen LogP contribution < -0.4 is 24.8 Å². The fraction of sp³-hybridized carbons (Fsp3) is 0.308. The van der Waals surface area contributed by atoms with E-state index in [-0.39, 0.29) is 24.3 Å². The summed E-state index contributed by atoms with van der Waals surface area (Å²) in [7, 11) is 3.93. The highest BCUT2D eigenvalue weighted by atomic mass is 32.1. The van der Waals surface area contributed by atoms with E-state index in [4.69, 9.17) is 9.47 Å². The van der Waals surface area contributed by atoms with Gasteiger partial charge in [0.1, 0.15) is 22.3 Å². The SMILES string of the molecule is CCC(Cn1c(=O)/c(=C\C2OCOc3ccccc32)s/c1=C1/C(=O)Nc2ccc(F)cc21)N(C)C. The van der Waals surface area contributed by atoms with Crippen LogP contribution in [-0.2, 0) is 16.1 Å². The Bertz CT molecular complexity index is 1480. The molecule has 1 aromatic heterocycles. The van der Waals surface area contributed by atoms with Gasteiger partial charge in [0.2, 0.25) is 0 Å². The molecule has 2 aromatic carbocycles. The first kappa shape index (κ1) is 23.5. The van der Waals surface area contributed by atoms with Crippen LogP contribution in [0.25, 0.3) is 11.6 Å². The van der Waals surface area contributed by atoms with Crippen molar-refractivity contribution in [2.75, 3.05) is 26.2 Å². The van der Waals surface area contributed by atoms with E-state index in [1.807, 2.05) is 38.4 Å². The van der Waals surface area contributed by atoms with Crippen LogP contribution in [0.5, 0.6) is 5.75 Å². The summed E-state index contributed by atoms with van der Waals surface area (Å²) in [6.45, 7) is 2.53. The van der Waals surface area contributed by atoms with Crippen LogP contribution in [0.15, 0.2) is 47.3 Å². The number of amides is 1. The van der Waals surface area contributed by atoms with Gasteiger partial charge < -0.3 is 19.7 Å². The summed E-state index contributed by atoms with van der Waals surface area (Å²) in [4.78, 5) is 28.8. The van der Waals surface area contributed by atoms with Gasteiger partial charge in [-0.1, -0.05) is 25.1 Å². The van der Waals surface area contributed by atoms with Crippen molar-refractivity contribution in [1.29, 1.82) is 0 Å². The van der Waals surface area contributed by atoms with E-state index in [2.05, 4.69) is 17.1 Å². The van der Waals surface area contributed by atoms with E-state index in [1.165, 1.54) is 23.5 Å². The first-order valence-electron chi connectivity index (χ1n) is 11.4. The van der Waals surface area contributed by atoms with Crippen molar-refractivity contribution < 1.29 is 18.7 Å². The molecule has 35 heavy (non-hydrogen) atoms. The first-order chi connectivity index (χ1) is 16.9. The summed E-state index contributed by atoms with van der Waals surface area (Å²) in [5.41, 5.74) is 1.93. The van der Waals surface area contributed by atoms with Crippen LogP contribution in [0.1, 0.15) is 30.6 Å². The number of rotatable bonds is 5. The predicted octanol–water partition coefficient (Wildman–Crippen LogP) is 2.43. The summed E-state index contributed by atoms with van der Waals surface area (Å²) in [6.07, 6.45) is 2.14. The van der Waals surface area contributed by atoms with Gasteiger partial charge in [-0.15, -0.1) is 11.3 Å². The molecule has 182 valence electrons. The molecule has 0 aliphatic carbocycles. The van der Waals surface area contributed by atoms with E-state index >= 15 is 0 Å². The maximum absolute atomic E-state index is 14.1. The largest absolute Gasteiger partial charge is 0.467 e. The van der Waals surface area contributed by atoms with Crippen molar-refractivity contribution >= 4 is 34.6 Å². The Labute approximate surface area is 205 Å². The number of nitrogens with zero attached hydrogens (tertiary/aromatic N) is 2. The van der Waals surface area contributed by atoms with Crippen LogP contribution in [0.3, 0.4) is 0 Å². The lowest BCUT2D eigenvalue weighted by molar-refractivity contribution is -0.110. The number of anilines is 1. The zero-order valence-corrected chi connectivity index (χ0v) is 20.5. The number of fused-ring (bicyclic) bond motifs is 2. The number of likely N-dealkylation sites (N-methyl/N-ethyl adjacent to an activating group) is 1. The van der Waals surface area contributed by atoms with Crippen LogP contribution in [0.4, 0.5) is 10.1 Å². The zero-order chi connectivity index (χ0) is 24.7. The van der Waals surface area contributed by atoms with Gasteiger partial charge in [0.15, 0.2) is 6.79 Å². The Balaban J connectivity index is 1.75. The molecule has 5 rings (SSSR count). The molecule has 0 bridgehead atoms. The number of aromatic nitrogens is 1. The van der Waals surface area contributed by atoms with Crippen LogP contribution in [0.2, 0.25) is 0 Å². The van der Waals surface area contributed by atoms with Gasteiger partial charge in [-0.2, -0.15) is 0 Å². The monoisotopic (exact) mass is 495 g/mol. The third-order valence-electron chi connectivity index (χ3n) is 6.43. The van der Waals surface area contributed by atoms with Gasteiger partial charge in [0.25, 0.3) is 11.5 Å². The van der Waals surface area contributed by atoms with Crippen molar-refractivity contribution in [3.8, 4) is 5.75 Å². The lowest BCUT2D eigenvalue weighted by Crippen LogP contribution is -2.41. The van der Waals surface area contributed by atoms with E-state index in [9.17, 15) is 14.0 Å². The third kappa shape index (κ3) is 4.31. The third-order valence-corrected chi connectivity index (χ3v) is 7.58. The number of ether oxygens (including phenoxy) is 2. The van der Waals surface area contributed by atoms with Gasteiger partial charge in [-0.25, -0.2) is 4.39 Å².